The van der Waals surface area contributed by atoms with Gasteiger partial charge in [-0.3, -0.25) is 19.2 Å². The Morgan fingerprint density at radius 2 is 1.59 bits per heavy atom. The molecule has 7 atom stereocenters. The molecule has 1 N–H and O–H groups in total. The molecule has 1 rings (SSSR count). The van der Waals surface area contributed by atoms with Crippen LogP contribution in [0.25, 0.3) is 0 Å². The van der Waals surface area contributed by atoms with Gasteiger partial charge < -0.3 is 29.0 Å². The van der Waals surface area contributed by atoms with Crippen LogP contribution in [0.3, 0.4) is 0 Å². The molecule has 1 aliphatic rings. The molecule has 11 nitrogen and oxygen atoms in total. The number of ether oxygens (including phenoxy) is 5. The zero-order chi connectivity index (χ0) is 24.8. The van der Waals surface area contributed by atoms with Crippen LogP contribution in [0.5, 0.6) is 0 Å². The Morgan fingerprint density at radius 3 is 2.03 bits per heavy atom. The van der Waals surface area contributed by atoms with Gasteiger partial charge in [0.1, 0.15) is 12.7 Å². The van der Waals surface area contributed by atoms with Gasteiger partial charge in [0.2, 0.25) is 5.91 Å². The predicted octanol–water partition coefficient (Wildman–Crippen LogP) is 0.129. The molecule has 0 spiro atoms. The summed E-state index contributed by atoms with van der Waals surface area (Å²) in [6, 6.07) is -1.35. The molecule has 1 saturated heterocycles. The summed E-state index contributed by atoms with van der Waals surface area (Å²) in [6.45, 7) is 4.68. The molecular formula is C19H27F2NO10. The molecule has 0 aromatic carbocycles. The van der Waals surface area contributed by atoms with Gasteiger partial charge in [0.25, 0.3) is 0 Å². The Balaban J connectivity index is 3.56. The maximum atomic E-state index is 15.4. The van der Waals surface area contributed by atoms with Crippen LogP contribution in [0.4, 0.5) is 8.78 Å². The summed E-state index contributed by atoms with van der Waals surface area (Å²) < 4.78 is 54.8. The van der Waals surface area contributed by atoms with E-state index in [1.54, 1.807) is 0 Å². The van der Waals surface area contributed by atoms with Gasteiger partial charge in [-0.1, -0.05) is 6.92 Å². The van der Waals surface area contributed by atoms with Crippen molar-refractivity contribution in [2.45, 2.75) is 71.0 Å². The number of hydrogen-bond donors (Lipinski definition) is 1. The van der Waals surface area contributed by atoms with Gasteiger partial charge in [-0.05, 0) is 0 Å². The molecule has 1 aliphatic heterocycles. The van der Waals surface area contributed by atoms with Gasteiger partial charge >= 0.3 is 29.7 Å². The van der Waals surface area contributed by atoms with Crippen molar-refractivity contribution in [1.29, 1.82) is 0 Å². The molecule has 1 heterocycles. The van der Waals surface area contributed by atoms with E-state index in [0.717, 1.165) is 34.8 Å². The largest absolute Gasteiger partial charge is 0.465 e. The van der Waals surface area contributed by atoms with Crippen LogP contribution in [0.1, 0.15) is 34.6 Å². The Labute approximate surface area is 183 Å². The quantitative estimate of drug-likeness (QED) is 0.386. The number of nitrogens with one attached hydrogen (secondary N) is 1. The van der Waals surface area contributed by atoms with E-state index < -0.39 is 78.7 Å². The first-order valence-corrected chi connectivity index (χ1v) is 9.58. The summed E-state index contributed by atoms with van der Waals surface area (Å²) in [7, 11) is 0.811. The van der Waals surface area contributed by atoms with Crippen molar-refractivity contribution in [3.05, 3.63) is 0 Å². The number of esters is 4. The molecule has 32 heavy (non-hydrogen) atoms. The fourth-order valence-electron chi connectivity index (χ4n) is 3.33. The number of rotatable bonds is 8. The Morgan fingerprint density at radius 1 is 1.03 bits per heavy atom. The highest BCUT2D eigenvalue weighted by molar-refractivity contribution is 5.79. The van der Waals surface area contributed by atoms with E-state index in [1.165, 1.54) is 6.92 Å². The maximum Gasteiger partial charge on any atom is 0.375 e. The fraction of sp³-hybridized carbons (Fsp3) is 0.737. The lowest BCUT2D eigenvalue weighted by molar-refractivity contribution is -0.287. The lowest BCUT2D eigenvalue weighted by Crippen LogP contribution is -2.69. The van der Waals surface area contributed by atoms with E-state index in [0.29, 0.717) is 0 Å². The molecule has 13 heteroatoms. The minimum atomic E-state index is -3.63. The normalized spacial score (nSPS) is 29.1. The zero-order valence-electron chi connectivity index (χ0n) is 18.5. The van der Waals surface area contributed by atoms with Gasteiger partial charge in [-0.25, -0.2) is 9.18 Å². The second kappa shape index (κ2) is 11.2. The average Bonchev–Trinajstić information content (AvgIpc) is 2.68. The highest BCUT2D eigenvalue weighted by Gasteiger charge is 2.63. The van der Waals surface area contributed by atoms with Gasteiger partial charge in [0.15, 0.2) is 18.4 Å². The van der Waals surface area contributed by atoms with Crippen molar-refractivity contribution < 1.29 is 56.4 Å². The third kappa shape index (κ3) is 6.58. The molecule has 182 valence electrons. The first-order valence-electron chi connectivity index (χ1n) is 9.58. The minimum absolute atomic E-state index is 0.648. The molecule has 0 saturated carbocycles. The summed E-state index contributed by atoms with van der Waals surface area (Å²) in [6.07, 6.45) is -7.61. The molecule has 0 aliphatic carbocycles. The number of carbonyl (C=O) groups is 5. The third-order valence-corrected chi connectivity index (χ3v) is 4.64. The van der Waals surface area contributed by atoms with E-state index in [-0.39, 0.29) is 0 Å². The number of alkyl halides is 2. The molecule has 1 fully saturated rings. The minimum Gasteiger partial charge on any atom is -0.465 e. The number of methoxy groups -OCH3 is 1. The summed E-state index contributed by atoms with van der Waals surface area (Å²) in [5.41, 5.74) is 0. The van der Waals surface area contributed by atoms with Crippen LogP contribution in [0, 0.1) is 5.92 Å². The van der Waals surface area contributed by atoms with E-state index in [1.807, 2.05) is 0 Å². The summed E-state index contributed by atoms with van der Waals surface area (Å²) in [5.74, 6) is -10.0. The number of amides is 1. The maximum absolute atomic E-state index is 15.4. The molecule has 0 bridgehead atoms. The lowest BCUT2D eigenvalue weighted by atomic mass is 9.82. The van der Waals surface area contributed by atoms with E-state index >= 15 is 4.39 Å². The first-order chi connectivity index (χ1) is 14.7. The summed E-state index contributed by atoms with van der Waals surface area (Å²) in [4.78, 5) is 58.4. The molecule has 1 amide bonds. The van der Waals surface area contributed by atoms with Crippen LogP contribution in [-0.2, 0) is 47.7 Å². The highest BCUT2D eigenvalue weighted by atomic mass is 19.2. The van der Waals surface area contributed by atoms with Crippen molar-refractivity contribution in [2.75, 3.05) is 13.7 Å². The lowest BCUT2D eigenvalue weighted by Gasteiger charge is -2.47. The fourth-order valence-corrected chi connectivity index (χ4v) is 3.33. The van der Waals surface area contributed by atoms with Crippen LogP contribution < -0.4 is 5.32 Å². The SMILES string of the molecule is COC(=O)C1(F)OC(C(OC(C)=O)C(COC(C)=O)OC(C)=O)C(NC(C)=O)C(C)C1F. The second-order valence-electron chi connectivity index (χ2n) is 7.23. The average molecular weight is 467 g/mol. The number of hydrogen-bond acceptors (Lipinski definition) is 10. The molecule has 0 radical (unpaired) electrons. The topological polar surface area (TPSA) is 144 Å². The number of carbonyl (C=O) groups excluding carboxylic acids is 5. The first kappa shape index (κ1) is 27.2. The monoisotopic (exact) mass is 467 g/mol. The molecule has 0 aromatic rings. The van der Waals surface area contributed by atoms with Crippen molar-refractivity contribution >= 4 is 29.8 Å². The van der Waals surface area contributed by atoms with Gasteiger partial charge in [0.05, 0.1) is 13.2 Å². The van der Waals surface area contributed by atoms with E-state index in [4.69, 9.17) is 18.9 Å². The van der Waals surface area contributed by atoms with E-state index in [9.17, 15) is 28.4 Å². The van der Waals surface area contributed by atoms with Gasteiger partial charge in [-0.2, -0.15) is 4.39 Å². The van der Waals surface area contributed by atoms with Crippen molar-refractivity contribution in [3.63, 3.8) is 0 Å². The Kier molecular flexibility index (Phi) is 9.49. The van der Waals surface area contributed by atoms with Crippen LogP contribution in [0.2, 0.25) is 0 Å². The second-order valence-corrected chi connectivity index (χ2v) is 7.23. The Bertz CT molecular complexity index is 748. The summed E-state index contributed by atoms with van der Waals surface area (Å²) in [5, 5.41) is 2.37. The molecule has 0 aromatic heterocycles. The number of halogens is 2. The van der Waals surface area contributed by atoms with Crippen molar-refractivity contribution in [2.24, 2.45) is 5.92 Å². The summed E-state index contributed by atoms with van der Waals surface area (Å²) >= 11 is 0. The molecular weight excluding hydrogens is 440 g/mol. The van der Waals surface area contributed by atoms with E-state index in [2.05, 4.69) is 10.1 Å². The van der Waals surface area contributed by atoms with Crippen molar-refractivity contribution in [1.82, 2.24) is 5.32 Å². The van der Waals surface area contributed by atoms with Crippen molar-refractivity contribution in [3.8, 4) is 0 Å². The van der Waals surface area contributed by atoms with Crippen LogP contribution in [-0.4, -0.2) is 79.9 Å². The molecule has 7 unspecified atom stereocenters. The standard InChI is InChI=1S/C19H27F2NO10/c1-8-14(22-9(2)23)16(32-19(21,17(8)20)18(27)28-6)15(31-12(5)26)13(30-11(4)25)7-29-10(3)24/h8,13-17H,7H2,1-6H3,(H,22,23). The Hall–Kier alpha value is -2.83. The van der Waals surface area contributed by atoms with Gasteiger partial charge in [-0.15, -0.1) is 0 Å². The third-order valence-electron chi connectivity index (χ3n) is 4.64. The smallest absolute Gasteiger partial charge is 0.375 e. The van der Waals surface area contributed by atoms with Crippen LogP contribution >= 0.6 is 0 Å². The van der Waals surface area contributed by atoms with Crippen LogP contribution in [0.15, 0.2) is 0 Å². The van der Waals surface area contributed by atoms with Gasteiger partial charge in [0, 0.05) is 33.6 Å². The zero-order valence-corrected chi connectivity index (χ0v) is 18.5. The predicted molar refractivity (Wildman–Crippen MR) is 100 cm³/mol. The highest BCUT2D eigenvalue weighted by Crippen LogP contribution is 2.40.